The van der Waals surface area contributed by atoms with Crippen LogP contribution in [-0.4, -0.2) is 27.8 Å². The number of nitrogens with two attached hydrogens (primary N) is 1. The number of fused-ring (bicyclic) bond motifs is 1. The van der Waals surface area contributed by atoms with Gasteiger partial charge in [0.15, 0.2) is 0 Å². The van der Waals surface area contributed by atoms with E-state index in [0.29, 0.717) is 13.0 Å². The Labute approximate surface area is 120 Å². The van der Waals surface area contributed by atoms with Crippen molar-refractivity contribution in [1.29, 1.82) is 0 Å². The minimum Gasteiger partial charge on any atom is -0.497 e. The molecule has 1 atom stereocenters. The molecule has 0 aromatic heterocycles. The highest BCUT2D eigenvalue weighted by Crippen LogP contribution is 2.32. The smallest absolute Gasteiger partial charge is 0.209 e. The lowest BCUT2D eigenvalue weighted by Gasteiger charge is -2.27. The summed E-state index contributed by atoms with van der Waals surface area (Å²) < 4.78 is 27.1. The van der Waals surface area contributed by atoms with Gasteiger partial charge < -0.3 is 10.1 Å². The zero-order valence-corrected chi connectivity index (χ0v) is 12.6. The van der Waals surface area contributed by atoms with Crippen LogP contribution in [0.15, 0.2) is 18.2 Å². The number of ether oxygens (including phenoxy) is 1. The van der Waals surface area contributed by atoms with Gasteiger partial charge in [0.05, 0.1) is 12.9 Å². The van der Waals surface area contributed by atoms with Gasteiger partial charge in [0.1, 0.15) is 5.75 Å². The molecule has 0 saturated carbocycles. The highest BCUT2D eigenvalue weighted by Gasteiger charge is 2.20. The molecule has 1 aromatic carbocycles. The van der Waals surface area contributed by atoms with Crippen molar-refractivity contribution in [2.45, 2.75) is 31.7 Å². The van der Waals surface area contributed by atoms with Gasteiger partial charge in [-0.1, -0.05) is 6.07 Å². The van der Waals surface area contributed by atoms with Crippen LogP contribution < -0.4 is 15.2 Å². The van der Waals surface area contributed by atoms with Gasteiger partial charge in [-0.2, -0.15) is 0 Å². The number of sulfonamides is 1. The minimum atomic E-state index is -3.36. The molecular weight excluding hydrogens is 276 g/mol. The molecule has 1 unspecified atom stereocenters. The molecule has 1 aliphatic carbocycles. The molecule has 20 heavy (non-hydrogen) atoms. The van der Waals surface area contributed by atoms with Crippen LogP contribution in [0.1, 0.15) is 36.4 Å². The summed E-state index contributed by atoms with van der Waals surface area (Å²) in [6.45, 7) is 0.651. The maximum Gasteiger partial charge on any atom is 0.209 e. The topological polar surface area (TPSA) is 81.4 Å². The van der Waals surface area contributed by atoms with Crippen molar-refractivity contribution in [3.63, 3.8) is 0 Å². The van der Waals surface area contributed by atoms with Gasteiger partial charge in [0.25, 0.3) is 0 Å². The molecule has 0 bridgehead atoms. The number of hydrogen-bond donors (Lipinski definition) is 2. The maximum absolute atomic E-state index is 10.9. The normalized spacial score (nSPS) is 18.6. The number of benzene rings is 1. The summed E-state index contributed by atoms with van der Waals surface area (Å²) in [4.78, 5) is 0. The fourth-order valence-corrected chi connectivity index (χ4v) is 3.21. The Kier molecular flexibility index (Phi) is 5.01. The van der Waals surface area contributed by atoms with Crippen molar-refractivity contribution in [2.24, 2.45) is 5.14 Å². The van der Waals surface area contributed by atoms with E-state index in [4.69, 9.17) is 9.88 Å². The van der Waals surface area contributed by atoms with Crippen molar-refractivity contribution >= 4 is 10.0 Å². The molecule has 1 aliphatic rings. The van der Waals surface area contributed by atoms with E-state index in [1.54, 1.807) is 7.11 Å². The first-order chi connectivity index (χ1) is 9.49. The van der Waals surface area contributed by atoms with Crippen LogP contribution in [0.25, 0.3) is 0 Å². The number of nitrogens with one attached hydrogen (secondary N) is 1. The van der Waals surface area contributed by atoms with Crippen LogP contribution in [-0.2, 0) is 16.4 Å². The van der Waals surface area contributed by atoms with Gasteiger partial charge in [0.2, 0.25) is 10.0 Å². The van der Waals surface area contributed by atoms with Crippen molar-refractivity contribution in [3.05, 3.63) is 29.3 Å². The predicted octanol–water partition coefficient (Wildman–Crippen LogP) is 1.34. The van der Waals surface area contributed by atoms with E-state index in [1.165, 1.54) is 11.1 Å². The van der Waals surface area contributed by atoms with Crippen molar-refractivity contribution in [1.82, 2.24) is 5.32 Å². The molecule has 0 radical (unpaired) electrons. The average molecular weight is 298 g/mol. The van der Waals surface area contributed by atoms with Crippen molar-refractivity contribution < 1.29 is 13.2 Å². The predicted molar refractivity (Wildman–Crippen MR) is 79.3 cm³/mol. The zero-order valence-electron chi connectivity index (χ0n) is 11.8. The number of aryl methyl sites for hydroxylation is 1. The first-order valence-corrected chi connectivity index (χ1v) is 8.62. The van der Waals surface area contributed by atoms with E-state index in [9.17, 15) is 8.42 Å². The summed E-state index contributed by atoms with van der Waals surface area (Å²) in [5, 5.41) is 8.42. The lowest BCUT2D eigenvalue weighted by atomic mass is 9.87. The van der Waals surface area contributed by atoms with Crippen LogP contribution in [0.3, 0.4) is 0 Å². The van der Waals surface area contributed by atoms with Gasteiger partial charge in [-0.3, -0.25) is 0 Å². The van der Waals surface area contributed by atoms with E-state index in [2.05, 4.69) is 17.4 Å². The highest BCUT2D eigenvalue weighted by atomic mass is 32.2. The third-order valence-electron chi connectivity index (χ3n) is 3.66. The number of primary sulfonamides is 1. The Morgan fingerprint density at radius 3 is 2.95 bits per heavy atom. The molecule has 112 valence electrons. The lowest BCUT2D eigenvalue weighted by molar-refractivity contribution is 0.409. The van der Waals surface area contributed by atoms with Crippen LogP contribution >= 0.6 is 0 Å². The summed E-state index contributed by atoms with van der Waals surface area (Å²) in [6.07, 6.45) is 3.84. The fraction of sp³-hybridized carbons (Fsp3) is 0.571. The van der Waals surface area contributed by atoms with Crippen LogP contribution in [0.4, 0.5) is 0 Å². The Balaban J connectivity index is 1.97. The molecule has 0 saturated heterocycles. The molecule has 1 aromatic rings. The summed E-state index contributed by atoms with van der Waals surface area (Å²) in [6, 6.07) is 6.45. The lowest BCUT2D eigenvalue weighted by Crippen LogP contribution is -2.28. The van der Waals surface area contributed by atoms with E-state index in [-0.39, 0.29) is 11.8 Å². The second kappa shape index (κ2) is 6.56. The van der Waals surface area contributed by atoms with Crippen LogP contribution in [0.2, 0.25) is 0 Å². The van der Waals surface area contributed by atoms with E-state index in [1.807, 2.05) is 6.07 Å². The van der Waals surface area contributed by atoms with Crippen LogP contribution in [0, 0.1) is 0 Å². The second-order valence-corrected chi connectivity index (χ2v) is 6.92. The summed E-state index contributed by atoms with van der Waals surface area (Å²) in [7, 11) is -1.69. The average Bonchev–Trinajstić information content (AvgIpc) is 2.42. The molecule has 3 N–H and O–H groups in total. The molecule has 0 amide bonds. The molecule has 6 heteroatoms. The quantitative estimate of drug-likeness (QED) is 0.777. The molecule has 0 spiro atoms. The van der Waals surface area contributed by atoms with Gasteiger partial charge in [-0.25, -0.2) is 13.6 Å². The Hall–Kier alpha value is -1.11. The SMILES string of the molecule is COc1ccc2c(c1)C(NCCCS(N)(=O)=O)CCC2. The summed E-state index contributed by atoms with van der Waals surface area (Å²) in [5.74, 6) is 0.888. The highest BCUT2D eigenvalue weighted by molar-refractivity contribution is 7.89. The van der Waals surface area contributed by atoms with Gasteiger partial charge >= 0.3 is 0 Å². The fourth-order valence-electron chi connectivity index (χ4n) is 2.67. The largest absolute Gasteiger partial charge is 0.497 e. The molecule has 0 heterocycles. The standard InChI is InChI=1S/C14H22N2O3S/c1-19-12-7-6-11-4-2-5-14(13(11)10-12)16-8-3-9-20(15,17)18/h6-7,10,14,16H,2-5,8-9H2,1H3,(H2,15,17,18). The summed E-state index contributed by atoms with van der Waals surface area (Å²) >= 11 is 0. The first kappa shape index (κ1) is 15.3. The Morgan fingerprint density at radius 2 is 2.25 bits per heavy atom. The third kappa shape index (κ3) is 4.19. The second-order valence-electron chi connectivity index (χ2n) is 5.18. The van der Waals surface area contributed by atoms with Crippen molar-refractivity contribution in [2.75, 3.05) is 19.4 Å². The molecule has 2 rings (SSSR count). The van der Waals surface area contributed by atoms with Gasteiger partial charge in [-0.05, 0) is 55.5 Å². The van der Waals surface area contributed by atoms with Gasteiger partial charge in [-0.15, -0.1) is 0 Å². The van der Waals surface area contributed by atoms with E-state index >= 15 is 0 Å². The Morgan fingerprint density at radius 1 is 1.45 bits per heavy atom. The number of hydrogen-bond acceptors (Lipinski definition) is 4. The number of rotatable bonds is 6. The monoisotopic (exact) mass is 298 g/mol. The third-order valence-corrected chi connectivity index (χ3v) is 4.52. The minimum absolute atomic E-state index is 0.0255. The van der Waals surface area contributed by atoms with Gasteiger partial charge in [0, 0.05) is 6.04 Å². The molecule has 5 nitrogen and oxygen atoms in total. The molecule has 0 aliphatic heterocycles. The molecule has 0 fully saturated rings. The summed E-state index contributed by atoms with van der Waals surface area (Å²) in [5.41, 5.74) is 2.62. The molecular formula is C14H22N2O3S. The zero-order chi connectivity index (χ0) is 14.6. The van der Waals surface area contributed by atoms with E-state index in [0.717, 1.165) is 25.0 Å². The Bertz CT molecular complexity index is 558. The maximum atomic E-state index is 10.9. The van der Waals surface area contributed by atoms with Crippen LogP contribution in [0.5, 0.6) is 5.75 Å². The number of methoxy groups -OCH3 is 1. The first-order valence-electron chi connectivity index (χ1n) is 6.90. The van der Waals surface area contributed by atoms with Crippen molar-refractivity contribution in [3.8, 4) is 5.75 Å². The van der Waals surface area contributed by atoms with E-state index < -0.39 is 10.0 Å².